The van der Waals surface area contributed by atoms with Gasteiger partial charge in [-0.25, -0.2) is 0 Å². The van der Waals surface area contributed by atoms with Crippen molar-refractivity contribution in [2.24, 2.45) is 5.73 Å². The van der Waals surface area contributed by atoms with E-state index in [0.29, 0.717) is 0 Å². The average molecular weight is 240 g/mol. The summed E-state index contributed by atoms with van der Waals surface area (Å²) in [4.78, 5) is 1.33. The molecule has 0 fully saturated rings. The zero-order valence-corrected chi connectivity index (χ0v) is 10.5. The van der Waals surface area contributed by atoms with Crippen molar-refractivity contribution in [3.05, 3.63) is 33.7 Å². The third-order valence-corrected chi connectivity index (χ3v) is 4.12. The molecule has 0 aliphatic rings. The smallest absolute Gasteiger partial charge is 0.0584 e. The van der Waals surface area contributed by atoms with Gasteiger partial charge in [-0.1, -0.05) is 23.7 Å². The Morgan fingerprint density at radius 2 is 2.20 bits per heavy atom. The Hall–Kier alpha value is -0.570. The summed E-state index contributed by atoms with van der Waals surface area (Å²) in [7, 11) is 0. The highest BCUT2D eigenvalue weighted by Crippen LogP contribution is 2.35. The molecule has 15 heavy (non-hydrogen) atoms. The number of halogens is 1. The normalized spacial score (nSPS) is 13.3. The summed E-state index contributed by atoms with van der Waals surface area (Å²) in [5.41, 5.74) is 7.21. The van der Waals surface area contributed by atoms with Crippen LogP contribution in [0.25, 0.3) is 10.1 Å². The molecule has 0 amide bonds. The maximum absolute atomic E-state index is 6.16. The molecule has 0 saturated carbocycles. The first-order valence-electron chi connectivity index (χ1n) is 5.01. The Morgan fingerprint density at radius 1 is 1.47 bits per heavy atom. The van der Waals surface area contributed by atoms with Crippen molar-refractivity contribution in [2.45, 2.75) is 26.3 Å². The molecule has 0 bridgehead atoms. The molecule has 1 unspecified atom stereocenters. The Morgan fingerprint density at radius 3 is 2.87 bits per heavy atom. The molecule has 1 aromatic carbocycles. The highest BCUT2D eigenvalue weighted by Gasteiger charge is 2.11. The lowest BCUT2D eigenvalue weighted by Crippen LogP contribution is -2.17. The summed E-state index contributed by atoms with van der Waals surface area (Å²) in [5, 5.41) is 2.11. The van der Waals surface area contributed by atoms with Crippen molar-refractivity contribution in [2.75, 3.05) is 0 Å². The van der Waals surface area contributed by atoms with Gasteiger partial charge in [0.15, 0.2) is 0 Å². The zero-order chi connectivity index (χ0) is 11.0. The van der Waals surface area contributed by atoms with E-state index < -0.39 is 0 Å². The summed E-state index contributed by atoms with van der Waals surface area (Å²) >= 11 is 7.92. The van der Waals surface area contributed by atoms with Crippen LogP contribution in [0.1, 0.15) is 17.4 Å². The molecular weight excluding hydrogens is 226 g/mol. The summed E-state index contributed by atoms with van der Waals surface area (Å²) in [6, 6.07) is 6.26. The van der Waals surface area contributed by atoms with E-state index in [9.17, 15) is 0 Å². The van der Waals surface area contributed by atoms with Crippen molar-refractivity contribution in [1.82, 2.24) is 0 Å². The van der Waals surface area contributed by atoms with Crippen LogP contribution in [0, 0.1) is 6.92 Å². The second kappa shape index (κ2) is 4.12. The topological polar surface area (TPSA) is 26.0 Å². The molecule has 2 N–H and O–H groups in total. The van der Waals surface area contributed by atoms with Gasteiger partial charge in [0, 0.05) is 10.9 Å². The van der Waals surface area contributed by atoms with Gasteiger partial charge in [-0.05, 0) is 37.3 Å². The summed E-state index contributed by atoms with van der Waals surface area (Å²) in [6.45, 7) is 4.17. The maximum Gasteiger partial charge on any atom is 0.0584 e. The van der Waals surface area contributed by atoms with E-state index in [4.69, 9.17) is 17.3 Å². The molecule has 80 valence electrons. The van der Waals surface area contributed by atoms with E-state index in [0.717, 1.165) is 11.4 Å². The lowest BCUT2D eigenvalue weighted by Gasteiger charge is -2.05. The van der Waals surface area contributed by atoms with Crippen LogP contribution in [0.5, 0.6) is 0 Å². The number of hydrogen-bond acceptors (Lipinski definition) is 2. The fraction of sp³-hybridized carbons (Fsp3) is 0.333. The minimum atomic E-state index is 0.195. The lowest BCUT2D eigenvalue weighted by atomic mass is 10.0. The molecular formula is C12H14ClNS. The van der Waals surface area contributed by atoms with E-state index >= 15 is 0 Å². The number of hydrogen-bond donors (Lipinski definition) is 1. The molecule has 0 aliphatic carbocycles. The standard InChI is InChI=1S/C12H14ClNS/c1-7(14)6-10-8(2)15-12-9(10)4-3-5-11(12)13/h3-5,7H,6,14H2,1-2H3. The van der Waals surface area contributed by atoms with Gasteiger partial charge in [0.2, 0.25) is 0 Å². The van der Waals surface area contributed by atoms with Crippen molar-refractivity contribution < 1.29 is 0 Å². The van der Waals surface area contributed by atoms with Gasteiger partial charge in [0.25, 0.3) is 0 Å². The van der Waals surface area contributed by atoms with Crippen molar-refractivity contribution in [3.63, 3.8) is 0 Å². The lowest BCUT2D eigenvalue weighted by molar-refractivity contribution is 0.740. The SMILES string of the molecule is Cc1sc2c(Cl)cccc2c1CC(C)N. The van der Waals surface area contributed by atoms with Crippen LogP contribution >= 0.6 is 22.9 Å². The minimum Gasteiger partial charge on any atom is -0.328 e. The first-order valence-corrected chi connectivity index (χ1v) is 6.21. The highest BCUT2D eigenvalue weighted by atomic mass is 35.5. The van der Waals surface area contributed by atoms with Crippen molar-refractivity contribution >= 4 is 33.0 Å². The summed E-state index contributed by atoms with van der Waals surface area (Å²) < 4.78 is 1.19. The van der Waals surface area contributed by atoms with E-state index in [-0.39, 0.29) is 6.04 Å². The van der Waals surface area contributed by atoms with Crippen LogP contribution in [-0.4, -0.2) is 6.04 Å². The van der Waals surface area contributed by atoms with Gasteiger partial charge < -0.3 is 5.73 Å². The third kappa shape index (κ3) is 2.03. The molecule has 1 heterocycles. The van der Waals surface area contributed by atoms with Gasteiger partial charge in [-0.3, -0.25) is 0 Å². The zero-order valence-electron chi connectivity index (χ0n) is 8.88. The monoisotopic (exact) mass is 239 g/mol. The molecule has 0 radical (unpaired) electrons. The molecule has 1 nitrogen and oxygen atoms in total. The van der Waals surface area contributed by atoms with Crippen LogP contribution in [0.3, 0.4) is 0 Å². The predicted molar refractivity (Wildman–Crippen MR) is 68.9 cm³/mol. The summed E-state index contributed by atoms with van der Waals surface area (Å²) in [5.74, 6) is 0. The molecule has 2 aromatic rings. The third-order valence-electron chi connectivity index (χ3n) is 2.50. The predicted octanol–water partition coefficient (Wildman–Crippen LogP) is 3.75. The summed E-state index contributed by atoms with van der Waals surface area (Å²) in [6.07, 6.45) is 0.923. The van der Waals surface area contributed by atoms with Crippen molar-refractivity contribution in [3.8, 4) is 0 Å². The second-order valence-electron chi connectivity index (χ2n) is 3.93. The second-order valence-corrected chi connectivity index (χ2v) is 5.57. The molecule has 0 aliphatic heterocycles. The molecule has 0 spiro atoms. The molecule has 0 saturated heterocycles. The quantitative estimate of drug-likeness (QED) is 0.849. The van der Waals surface area contributed by atoms with Crippen molar-refractivity contribution in [1.29, 1.82) is 0 Å². The largest absolute Gasteiger partial charge is 0.328 e. The molecule has 1 aromatic heterocycles. The number of benzene rings is 1. The Balaban J connectivity index is 2.63. The first kappa shape index (κ1) is 10.9. The molecule has 2 rings (SSSR count). The van der Waals surface area contributed by atoms with Gasteiger partial charge >= 0.3 is 0 Å². The van der Waals surface area contributed by atoms with Crippen LogP contribution in [-0.2, 0) is 6.42 Å². The van der Waals surface area contributed by atoms with Gasteiger partial charge in [0.05, 0.1) is 9.72 Å². The van der Waals surface area contributed by atoms with Crippen LogP contribution in [0.15, 0.2) is 18.2 Å². The maximum atomic E-state index is 6.16. The highest BCUT2D eigenvalue weighted by molar-refractivity contribution is 7.19. The molecule has 3 heteroatoms. The number of nitrogens with two attached hydrogens (primary N) is 1. The van der Waals surface area contributed by atoms with Gasteiger partial charge in [-0.2, -0.15) is 0 Å². The number of rotatable bonds is 2. The van der Waals surface area contributed by atoms with Crippen LogP contribution < -0.4 is 5.73 Å². The van der Waals surface area contributed by atoms with E-state index in [1.807, 2.05) is 19.1 Å². The number of aryl methyl sites for hydroxylation is 1. The Labute approximate surface area is 98.9 Å². The molecule has 1 atom stereocenters. The van der Waals surface area contributed by atoms with Gasteiger partial charge in [-0.15, -0.1) is 11.3 Å². The number of fused-ring (bicyclic) bond motifs is 1. The van der Waals surface area contributed by atoms with E-state index in [1.165, 1.54) is 20.5 Å². The average Bonchev–Trinajstić information content (AvgIpc) is 2.45. The van der Waals surface area contributed by atoms with Crippen LogP contribution in [0.4, 0.5) is 0 Å². The first-order chi connectivity index (χ1) is 7.09. The van der Waals surface area contributed by atoms with E-state index in [1.54, 1.807) is 11.3 Å². The van der Waals surface area contributed by atoms with Crippen LogP contribution in [0.2, 0.25) is 5.02 Å². The van der Waals surface area contributed by atoms with E-state index in [2.05, 4.69) is 13.0 Å². The Bertz CT molecular complexity index is 488. The fourth-order valence-corrected chi connectivity index (χ4v) is 3.21. The number of thiophene rings is 1. The fourth-order valence-electron chi connectivity index (χ4n) is 1.83. The Kier molecular flexibility index (Phi) is 3.01. The minimum absolute atomic E-state index is 0.195. The van der Waals surface area contributed by atoms with Gasteiger partial charge in [0.1, 0.15) is 0 Å².